The molecule has 0 radical (unpaired) electrons. The molecule has 2 aromatic rings. The lowest BCUT2D eigenvalue weighted by Gasteiger charge is -1.96. The summed E-state index contributed by atoms with van der Waals surface area (Å²) in [6.07, 6.45) is 3.44. The second kappa shape index (κ2) is 5.53. The monoisotopic (exact) mass is 326 g/mol. The van der Waals surface area contributed by atoms with Crippen LogP contribution in [0.4, 0.5) is 0 Å². The van der Waals surface area contributed by atoms with E-state index in [1.54, 1.807) is 0 Å². The quantitative estimate of drug-likeness (QED) is 0.729. The topological polar surface area (TPSA) is 13.1 Å². The summed E-state index contributed by atoms with van der Waals surface area (Å²) in [5, 5.41) is 0. The fraction of sp³-hybridized carbons (Fsp3) is 0.286. The van der Waals surface area contributed by atoms with Crippen LogP contribution in [0.2, 0.25) is 0 Å². The van der Waals surface area contributed by atoms with E-state index in [0.29, 0.717) is 0 Å². The fourth-order valence-corrected chi connectivity index (χ4v) is 2.32. The maximum absolute atomic E-state index is 5.90. The predicted octanol–water partition coefficient (Wildman–Crippen LogP) is 4.89. The Hall–Kier alpha value is -0.770. The minimum absolute atomic E-state index is 0.983. The van der Waals surface area contributed by atoms with Gasteiger partial charge in [-0.05, 0) is 35.1 Å². The molecule has 0 amide bonds. The molecule has 0 saturated heterocycles. The van der Waals surface area contributed by atoms with Crippen LogP contribution >= 0.6 is 22.6 Å². The highest BCUT2D eigenvalue weighted by Gasteiger charge is 2.09. The first-order valence-electron chi connectivity index (χ1n) is 5.65. The van der Waals surface area contributed by atoms with E-state index in [1.165, 1.54) is 16.4 Å². The summed E-state index contributed by atoms with van der Waals surface area (Å²) < 4.78 is 7.14. The minimum Gasteiger partial charge on any atom is -0.460 e. The molecule has 16 heavy (non-hydrogen) atoms. The van der Waals surface area contributed by atoms with Crippen LogP contribution in [0.3, 0.4) is 0 Å². The van der Waals surface area contributed by atoms with E-state index in [2.05, 4.69) is 47.7 Å². The van der Waals surface area contributed by atoms with Gasteiger partial charge in [-0.3, -0.25) is 0 Å². The van der Waals surface area contributed by atoms with Crippen molar-refractivity contribution < 1.29 is 4.42 Å². The molecular weight excluding hydrogens is 311 g/mol. The second-order valence-electron chi connectivity index (χ2n) is 3.85. The summed E-state index contributed by atoms with van der Waals surface area (Å²) in [5.74, 6) is 2.11. The Morgan fingerprint density at radius 3 is 2.62 bits per heavy atom. The van der Waals surface area contributed by atoms with Crippen molar-refractivity contribution in [2.24, 2.45) is 0 Å². The molecule has 0 spiro atoms. The molecule has 1 nitrogen and oxygen atoms in total. The number of halogens is 1. The van der Waals surface area contributed by atoms with E-state index < -0.39 is 0 Å². The Kier molecular flexibility index (Phi) is 4.04. The lowest BCUT2D eigenvalue weighted by molar-refractivity contribution is 0.510. The smallest absolute Gasteiger partial charge is 0.135 e. The molecule has 2 heteroatoms. The van der Waals surface area contributed by atoms with Crippen LogP contribution < -0.4 is 0 Å². The van der Waals surface area contributed by atoms with E-state index in [1.807, 2.05) is 18.2 Å². The van der Waals surface area contributed by atoms with Crippen molar-refractivity contribution in [3.05, 3.63) is 45.7 Å². The number of hydrogen-bond acceptors (Lipinski definition) is 1. The molecule has 0 N–H and O–H groups in total. The zero-order valence-corrected chi connectivity index (χ0v) is 11.5. The first-order valence-corrected chi connectivity index (χ1v) is 6.72. The summed E-state index contributed by atoms with van der Waals surface area (Å²) >= 11 is 2.35. The molecule has 0 fully saturated rings. The lowest BCUT2D eigenvalue weighted by Crippen LogP contribution is -1.82. The number of furan rings is 1. The van der Waals surface area contributed by atoms with Crippen molar-refractivity contribution in [1.29, 1.82) is 0 Å². The molecule has 1 aromatic carbocycles. The SMILES string of the molecule is CCCCc1oc(-c2ccccc2)cc1I. The first kappa shape index (κ1) is 11.7. The van der Waals surface area contributed by atoms with Gasteiger partial charge in [-0.2, -0.15) is 0 Å². The van der Waals surface area contributed by atoms with Crippen LogP contribution in [-0.4, -0.2) is 0 Å². The van der Waals surface area contributed by atoms with Gasteiger partial charge in [-0.25, -0.2) is 0 Å². The van der Waals surface area contributed by atoms with Crippen molar-refractivity contribution in [3.8, 4) is 11.3 Å². The zero-order chi connectivity index (χ0) is 11.4. The van der Waals surface area contributed by atoms with Crippen molar-refractivity contribution in [3.63, 3.8) is 0 Å². The Morgan fingerprint density at radius 2 is 1.94 bits per heavy atom. The number of rotatable bonds is 4. The van der Waals surface area contributed by atoms with Gasteiger partial charge in [0.15, 0.2) is 0 Å². The van der Waals surface area contributed by atoms with Gasteiger partial charge in [-0.15, -0.1) is 0 Å². The van der Waals surface area contributed by atoms with E-state index >= 15 is 0 Å². The van der Waals surface area contributed by atoms with Crippen LogP contribution in [0.25, 0.3) is 11.3 Å². The van der Waals surface area contributed by atoms with Gasteiger partial charge >= 0.3 is 0 Å². The third kappa shape index (κ3) is 2.67. The number of hydrogen-bond donors (Lipinski definition) is 0. The highest BCUT2D eigenvalue weighted by atomic mass is 127. The molecule has 0 aliphatic carbocycles. The number of benzene rings is 1. The van der Waals surface area contributed by atoms with Crippen molar-refractivity contribution in [2.75, 3.05) is 0 Å². The van der Waals surface area contributed by atoms with E-state index in [4.69, 9.17) is 4.42 Å². The average molecular weight is 326 g/mol. The lowest BCUT2D eigenvalue weighted by atomic mass is 10.2. The Bertz CT molecular complexity index is 445. The largest absolute Gasteiger partial charge is 0.460 e. The van der Waals surface area contributed by atoms with E-state index in [0.717, 1.165) is 23.5 Å². The van der Waals surface area contributed by atoms with Crippen LogP contribution in [0.15, 0.2) is 40.8 Å². The molecule has 1 heterocycles. The second-order valence-corrected chi connectivity index (χ2v) is 5.01. The highest BCUT2D eigenvalue weighted by molar-refractivity contribution is 14.1. The van der Waals surface area contributed by atoms with Gasteiger partial charge in [0.2, 0.25) is 0 Å². The molecule has 0 bridgehead atoms. The standard InChI is InChI=1S/C14H15IO/c1-2-3-9-13-12(15)10-14(16-13)11-7-5-4-6-8-11/h4-8,10H,2-3,9H2,1H3. The zero-order valence-electron chi connectivity index (χ0n) is 9.37. The molecule has 0 aliphatic heterocycles. The fourth-order valence-electron chi connectivity index (χ4n) is 1.66. The van der Waals surface area contributed by atoms with E-state index in [9.17, 15) is 0 Å². The van der Waals surface area contributed by atoms with Crippen LogP contribution in [-0.2, 0) is 6.42 Å². The maximum Gasteiger partial charge on any atom is 0.135 e. The summed E-state index contributed by atoms with van der Waals surface area (Å²) in [4.78, 5) is 0. The van der Waals surface area contributed by atoms with Crippen LogP contribution in [0.1, 0.15) is 25.5 Å². The van der Waals surface area contributed by atoms with Crippen molar-refractivity contribution >= 4 is 22.6 Å². The van der Waals surface area contributed by atoms with Crippen molar-refractivity contribution in [1.82, 2.24) is 0 Å². The summed E-state index contributed by atoms with van der Waals surface area (Å²) in [6, 6.07) is 12.4. The molecule has 1 aromatic heterocycles. The maximum atomic E-state index is 5.90. The molecular formula is C14H15IO. The third-order valence-electron chi connectivity index (χ3n) is 2.57. The van der Waals surface area contributed by atoms with Crippen molar-refractivity contribution in [2.45, 2.75) is 26.2 Å². The van der Waals surface area contributed by atoms with Crippen LogP contribution in [0.5, 0.6) is 0 Å². The van der Waals surface area contributed by atoms with Gasteiger partial charge in [0, 0.05) is 12.0 Å². The molecule has 2 rings (SSSR count). The summed E-state index contributed by atoms with van der Waals surface area (Å²) in [6.45, 7) is 2.20. The molecule has 0 aliphatic rings. The third-order valence-corrected chi connectivity index (χ3v) is 3.49. The highest BCUT2D eigenvalue weighted by Crippen LogP contribution is 2.27. The first-order chi connectivity index (χ1) is 7.81. The van der Waals surface area contributed by atoms with Gasteiger partial charge < -0.3 is 4.42 Å². The summed E-state index contributed by atoms with van der Waals surface area (Å²) in [7, 11) is 0. The summed E-state index contributed by atoms with van der Waals surface area (Å²) in [5.41, 5.74) is 1.16. The molecule has 0 unspecified atom stereocenters. The Balaban J connectivity index is 2.24. The molecule has 84 valence electrons. The van der Waals surface area contributed by atoms with E-state index in [-0.39, 0.29) is 0 Å². The predicted molar refractivity (Wildman–Crippen MR) is 75.5 cm³/mol. The normalized spacial score (nSPS) is 10.6. The molecule has 0 saturated carbocycles. The minimum atomic E-state index is 0.983. The Morgan fingerprint density at radius 1 is 1.19 bits per heavy atom. The van der Waals surface area contributed by atoms with Gasteiger partial charge in [-0.1, -0.05) is 43.7 Å². The molecule has 0 atom stereocenters. The average Bonchev–Trinajstić information content (AvgIpc) is 2.69. The number of unbranched alkanes of at least 4 members (excludes halogenated alkanes) is 1. The number of aryl methyl sites for hydroxylation is 1. The van der Waals surface area contributed by atoms with Gasteiger partial charge in [0.1, 0.15) is 11.5 Å². The van der Waals surface area contributed by atoms with Gasteiger partial charge in [0.25, 0.3) is 0 Å². The van der Waals surface area contributed by atoms with Gasteiger partial charge in [0.05, 0.1) is 3.57 Å². The Labute approximate surface area is 110 Å². The van der Waals surface area contributed by atoms with Crippen LogP contribution in [0, 0.1) is 3.57 Å².